The molecule has 4 heteroatoms. The van der Waals surface area contributed by atoms with E-state index < -0.39 is 15.8 Å². The largest absolute Gasteiger partial charge is 0.177 e. The Morgan fingerprint density at radius 1 is 0.277 bits per heavy atom. The van der Waals surface area contributed by atoms with Crippen LogP contribution in [0.15, 0.2) is 212 Å². The van der Waals surface area contributed by atoms with Crippen LogP contribution in [0, 0.1) is 5.88 Å². The minimum atomic E-state index is -0.446. The molecule has 0 atom stereocenters. The van der Waals surface area contributed by atoms with Crippen molar-refractivity contribution in [3.8, 4) is 0 Å². The van der Waals surface area contributed by atoms with Crippen LogP contribution < -0.4 is 31.8 Å². The maximum atomic E-state index is 5.40. The summed E-state index contributed by atoms with van der Waals surface area (Å²) >= 11 is 5.40. The molecule has 0 amide bonds. The van der Waals surface area contributed by atoms with Gasteiger partial charge in [0.1, 0.15) is 0 Å². The molecule has 7 rings (SSSR count). The second kappa shape index (κ2) is 20.5. The Balaban J connectivity index is 0.000000171. The predicted octanol–water partition coefficient (Wildman–Crippen LogP) is 9.32. The second-order valence-corrected chi connectivity index (χ2v) is 14.9. The Morgan fingerprint density at radius 3 is 0.596 bits per heavy atom. The third-order valence-corrected chi connectivity index (χ3v) is 12.2. The number of hydrogen-bond donors (Lipinski definition) is 0. The van der Waals surface area contributed by atoms with Crippen LogP contribution in [-0.2, 0) is 20.4 Å². The van der Waals surface area contributed by atoms with Gasteiger partial charge in [-0.1, -0.05) is 194 Å². The van der Waals surface area contributed by atoms with Gasteiger partial charge in [0.2, 0.25) is 0 Å². The molecule has 0 nitrogen and oxygen atoms in total. The first-order valence-corrected chi connectivity index (χ1v) is 18.3. The Labute approximate surface area is 301 Å². The summed E-state index contributed by atoms with van der Waals surface area (Å²) in [4.78, 5) is 0. The van der Waals surface area contributed by atoms with E-state index in [1.54, 1.807) is 5.88 Å². The van der Waals surface area contributed by atoms with Crippen molar-refractivity contribution in [2.75, 3.05) is 0 Å². The first-order chi connectivity index (χ1) is 22.8. The Morgan fingerprint density at radius 2 is 0.447 bits per heavy atom. The molecule has 0 aliphatic heterocycles. The summed E-state index contributed by atoms with van der Waals surface area (Å²) in [5.41, 5.74) is 1.05. The molecule has 7 aromatic carbocycles. The van der Waals surface area contributed by atoms with E-state index in [9.17, 15) is 0 Å². The van der Waals surface area contributed by atoms with E-state index in [0.717, 1.165) is 5.56 Å². The minimum absolute atomic E-state index is 0. The van der Waals surface area contributed by atoms with Gasteiger partial charge in [0.15, 0.2) is 0 Å². The molecule has 0 unspecified atom stereocenters. The van der Waals surface area contributed by atoms with Gasteiger partial charge in [0.25, 0.3) is 0 Å². The van der Waals surface area contributed by atoms with Gasteiger partial charge in [-0.3, -0.25) is 0 Å². The molecule has 0 aliphatic rings. The molecule has 0 radical (unpaired) electrons. The van der Waals surface area contributed by atoms with Crippen molar-refractivity contribution in [2.24, 2.45) is 0 Å². The van der Waals surface area contributed by atoms with Crippen LogP contribution >= 0.6 is 27.4 Å². The topological polar surface area (TPSA) is 0 Å². The van der Waals surface area contributed by atoms with Gasteiger partial charge in [-0.15, -0.1) is 12.1 Å². The average Bonchev–Trinajstić information content (AvgIpc) is 3.15. The Kier molecular flexibility index (Phi) is 15.7. The van der Waals surface area contributed by atoms with E-state index in [1.165, 1.54) is 31.8 Å². The van der Waals surface area contributed by atoms with Gasteiger partial charge in [-0.25, -0.2) is 0 Å². The zero-order chi connectivity index (χ0) is 31.7. The van der Waals surface area contributed by atoms with Crippen molar-refractivity contribution in [1.82, 2.24) is 0 Å². The molecule has 236 valence electrons. The van der Waals surface area contributed by atoms with Crippen molar-refractivity contribution in [3.05, 3.63) is 224 Å². The van der Waals surface area contributed by atoms with E-state index in [4.69, 9.17) is 11.6 Å². The van der Waals surface area contributed by atoms with Gasteiger partial charge in [0, 0.05) is 20.4 Å². The van der Waals surface area contributed by atoms with Crippen LogP contribution in [0.1, 0.15) is 5.56 Å². The van der Waals surface area contributed by atoms with Crippen LogP contribution in [0.4, 0.5) is 0 Å². The van der Waals surface area contributed by atoms with E-state index in [0.29, 0.717) is 0 Å². The van der Waals surface area contributed by atoms with Crippen molar-refractivity contribution in [1.29, 1.82) is 0 Å². The molecular formula is C43H36ClP2Pd-. The molecule has 47 heavy (non-hydrogen) atoms. The standard InChI is InChI=1S/2C18H15P.C7H6Cl.Pd/c2*1-4-10-16(11-5-1)19(17-12-6-2-7-13-17)18-14-8-3-9-15-18;8-6-7-4-2-1-3-5-7;/h2*1-15H;1-6H;/q;;-1;. The summed E-state index contributed by atoms with van der Waals surface area (Å²) in [6.45, 7) is 0. The molecule has 0 bridgehead atoms. The first kappa shape index (κ1) is 36.1. The van der Waals surface area contributed by atoms with Crippen molar-refractivity contribution >= 4 is 59.3 Å². The molecule has 0 aliphatic carbocycles. The minimum Gasteiger partial charge on any atom is -0.177 e. The van der Waals surface area contributed by atoms with E-state index >= 15 is 0 Å². The van der Waals surface area contributed by atoms with Gasteiger partial charge in [-0.2, -0.15) is 29.3 Å². The first-order valence-electron chi connectivity index (χ1n) is 15.2. The molecular weight excluding hydrogens is 720 g/mol. The van der Waals surface area contributed by atoms with Crippen molar-refractivity contribution in [2.45, 2.75) is 0 Å². The number of hydrogen-bond acceptors (Lipinski definition) is 0. The van der Waals surface area contributed by atoms with Crippen molar-refractivity contribution < 1.29 is 20.4 Å². The van der Waals surface area contributed by atoms with Crippen LogP contribution in [0.5, 0.6) is 0 Å². The molecule has 7 aromatic rings. The van der Waals surface area contributed by atoms with Crippen LogP contribution in [-0.4, -0.2) is 0 Å². The summed E-state index contributed by atoms with van der Waals surface area (Å²) < 4.78 is 0. The zero-order valence-electron chi connectivity index (χ0n) is 25.9. The third-order valence-electron chi connectivity index (χ3n) is 7.01. The fourth-order valence-electron chi connectivity index (χ4n) is 4.88. The maximum Gasteiger partial charge on any atom is 0 e. The quantitative estimate of drug-likeness (QED) is 0.0865. The van der Waals surface area contributed by atoms with Crippen LogP contribution in [0.25, 0.3) is 0 Å². The van der Waals surface area contributed by atoms with Gasteiger partial charge in [-0.05, 0) is 47.7 Å². The number of rotatable bonds is 7. The summed E-state index contributed by atoms with van der Waals surface area (Å²) in [6, 6.07) is 74.4. The van der Waals surface area contributed by atoms with Crippen molar-refractivity contribution in [3.63, 3.8) is 0 Å². The zero-order valence-corrected chi connectivity index (χ0v) is 30.0. The summed E-state index contributed by atoms with van der Waals surface area (Å²) in [5.74, 6) is 1.56. The monoisotopic (exact) mass is 755 g/mol. The average molecular weight is 757 g/mol. The Bertz CT molecular complexity index is 1490. The number of halogens is 1. The third kappa shape index (κ3) is 11.2. The van der Waals surface area contributed by atoms with E-state index in [-0.39, 0.29) is 20.4 Å². The van der Waals surface area contributed by atoms with Gasteiger partial charge >= 0.3 is 0 Å². The molecule has 0 N–H and O–H groups in total. The molecule has 0 saturated carbocycles. The predicted molar refractivity (Wildman–Crippen MR) is 206 cm³/mol. The SMILES string of the molecule is Cl[CH-]c1ccccc1.[Pd].c1ccc(P(c2ccccc2)c2ccccc2)cc1.c1ccc(P(c2ccccc2)c2ccccc2)cc1. The summed E-state index contributed by atoms with van der Waals surface area (Å²) in [7, 11) is -0.892. The van der Waals surface area contributed by atoms with Gasteiger partial charge < -0.3 is 0 Å². The van der Waals surface area contributed by atoms with E-state index in [2.05, 4.69) is 182 Å². The van der Waals surface area contributed by atoms with Crippen LogP contribution in [0.3, 0.4) is 0 Å². The molecule has 0 aromatic heterocycles. The normalized spacial score (nSPS) is 10.0. The summed E-state index contributed by atoms with van der Waals surface area (Å²) in [6.07, 6.45) is 0. The molecule has 0 spiro atoms. The second-order valence-electron chi connectivity index (χ2n) is 10.2. The Hall–Kier alpha value is -3.78. The summed E-state index contributed by atoms with van der Waals surface area (Å²) in [5, 5.41) is 8.39. The molecule has 0 fully saturated rings. The smallest absolute Gasteiger partial charge is 0 e. The van der Waals surface area contributed by atoms with E-state index in [1.807, 2.05) is 30.3 Å². The maximum absolute atomic E-state index is 5.40. The number of benzene rings is 7. The molecule has 0 heterocycles. The van der Waals surface area contributed by atoms with Gasteiger partial charge in [0.05, 0.1) is 0 Å². The molecule has 0 saturated heterocycles. The fourth-order valence-corrected chi connectivity index (χ4v) is 9.64. The van der Waals surface area contributed by atoms with Crippen LogP contribution in [0.2, 0.25) is 0 Å². The fraction of sp³-hybridized carbons (Fsp3) is 0.